The highest BCUT2D eigenvalue weighted by molar-refractivity contribution is 7.09. The van der Waals surface area contributed by atoms with Crippen molar-refractivity contribution in [2.75, 3.05) is 17.6 Å². The predicted molar refractivity (Wildman–Crippen MR) is 79.9 cm³/mol. The summed E-state index contributed by atoms with van der Waals surface area (Å²) in [5.41, 5.74) is 8.00. The van der Waals surface area contributed by atoms with Crippen LogP contribution >= 0.6 is 34.5 Å². The Bertz CT molecular complexity index is 531. The maximum Gasteiger partial charge on any atom is 0.0897 e. The second-order valence-electron chi connectivity index (χ2n) is 3.89. The lowest BCUT2D eigenvalue weighted by atomic mass is 10.2. The molecule has 0 saturated heterocycles. The monoisotopic (exact) mass is 301 g/mol. The van der Waals surface area contributed by atoms with Gasteiger partial charge in [-0.05, 0) is 19.1 Å². The van der Waals surface area contributed by atoms with Gasteiger partial charge in [-0.25, -0.2) is 4.98 Å². The molecular formula is C12H13Cl2N3S. The summed E-state index contributed by atoms with van der Waals surface area (Å²) in [4.78, 5) is 4.39. The summed E-state index contributed by atoms with van der Waals surface area (Å²) in [5, 5.41) is 7.42. The molecule has 96 valence electrons. The Balaban J connectivity index is 1.98. The Morgan fingerprint density at radius 1 is 1.33 bits per heavy atom. The van der Waals surface area contributed by atoms with Gasteiger partial charge in [-0.2, -0.15) is 0 Å². The Morgan fingerprint density at radius 3 is 2.56 bits per heavy atom. The molecule has 0 aliphatic rings. The van der Waals surface area contributed by atoms with Crippen LogP contribution in [-0.2, 0) is 6.42 Å². The molecule has 0 radical (unpaired) electrons. The maximum atomic E-state index is 6.08. The number of nitrogens with zero attached hydrogens (tertiary/aromatic N) is 1. The molecule has 2 rings (SSSR count). The lowest BCUT2D eigenvalue weighted by Gasteiger charge is -2.10. The molecule has 3 N–H and O–H groups in total. The summed E-state index contributed by atoms with van der Waals surface area (Å²) in [6, 6.07) is 3.37. The van der Waals surface area contributed by atoms with Gasteiger partial charge in [-0.3, -0.25) is 0 Å². The van der Waals surface area contributed by atoms with Crippen LogP contribution in [0.4, 0.5) is 11.4 Å². The van der Waals surface area contributed by atoms with Gasteiger partial charge in [0.1, 0.15) is 0 Å². The van der Waals surface area contributed by atoms with E-state index >= 15 is 0 Å². The quantitative estimate of drug-likeness (QED) is 0.839. The number of nitrogen functional groups attached to an aromatic ring is 1. The van der Waals surface area contributed by atoms with Crippen molar-refractivity contribution >= 4 is 45.9 Å². The molecule has 1 heterocycles. The second-order valence-corrected chi connectivity index (χ2v) is 5.77. The number of aryl methyl sites for hydroxylation is 1. The van der Waals surface area contributed by atoms with Gasteiger partial charge in [0, 0.05) is 24.0 Å². The minimum atomic E-state index is 0.537. The smallest absolute Gasteiger partial charge is 0.0897 e. The maximum absolute atomic E-state index is 6.08. The molecule has 0 unspecified atom stereocenters. The number of halogens is 2. The molecular weight excluding hydrogens is 289 g/mol. The predicted octanol–water partition coefficient (Wildman–Crippen LogP) is 4.00. The van der Waals surface area contributed by atoms with Crippen LogP contribution < -0.4 is 11.1 Å². The number of nitrogens with one attached hydrogen (secondary N) is 1. The molecule has 0 amide bonds. The summed E-state index contributed by atoms with van der Waals surface area (Å²) in [6.45, 7) is 2.72. The molecule has 2 aromatic rings. The van der Waals surface area contributed by atoms with Crippen LogP contribution in [0.2, 0.25) is 10.0 Å². The molecule has 1 aromatic carbocycles. The van der Waals surface area contributed by atoms with Gasteiger partial charge in [0.05, 0.1) is 26.4 Å². The molecule has 18 heavy (non-hydrogen) atoms. The topological polar surface area (TPSA) is 50.9 Å². The number of hydrogen-bond donors (Lipinski definition) is 2. The molecule has 3 nitrogen and oxygen atoms in total. The first-order valence-corrected chi connectivity index (χ1v) is 7.09. The average Bonchev–Trinajstić information content (AvgIpc) is 2.68. The van der Waals surface area contributed by atoms with Crippen molar-refractivity contribution in [2.45, 2.75) is 13.3 Å². The first kappa shape index (κ1) is 13.5. The van der Waals surface area contributed by atoms with Crippen molar-refractivity contribution in [3.8, 4) is 0 Å². The Hall–Kier alpha value is -0.970. The number of benzene rings is 1. The van der Waals surface area contributed by atoms with E-state index in [1.807, 2.05) is 6.92 Å². The normalized spacial score (nSPS) is 10.6. The third kappa shape index (κ3) is 3.28. The number of rotatable bonds is 4. The zero-order valence-electron chi connectivity index (χ0n) is 9.84. The van der Waals surface area contributed by atoms with Gasteiger partial charge in [-0.15, -0.1) is 11.3 Å². The molecule has 0 saturated carbocycles. The Labute approximate surface area is 120 Å². The fourth-order valence-corrected chi connectivity index (χ4v) is 2.88. The molecule has 0 spiro atoms. The molecule has 1 aromatic heterocycles. The van der Waals surface area contributed by atoms with E-state index in [0.717, 1.165) is 29.4 Å². The number of aromatic nitrogens is 1. The van der Waals surface area contributed by atoms with Gasteiger partial charge < -0.3 is 11.1 Å². The zero-order chi connectivity index (χ0) is 13.1. The third-order valence-electron chi connectivity index (χ3n) is 2.41. The van der Waals surface area contributed by atoms with E-state index in [2.05, 4.69) is 15.7 Å². The van der Waals surface area contributed by atoms with E-state index in [9.17, 15) is 0 Å². The van der Waals surface area contributed by atoms with Crippen LogP contribution in [0.1, 0.15) is 10.7 Å². The fraction of sp³-hybridized carbons (Fsp3) is 0.250. The van der Waals surface area contributed by atoms with Gasteiger partial charge in [0.15, 0.2) is 0 Å². The lowest BCUT2D eigenvalue weighted by Crippen LogP contribution is -2.06. The van der Waals surface area contributed by atoms with E-state index in [1.54, 1.807) is 23.5 Å². The number of thiazole rings is 1. The van der Waals surface area contributed by atoms with Crippen LogP contribution in [0.25, 0.3) is 0 Å². The van der Waals surface area contributed by atoms with Crippen LogP contribution in [-0.4, -0.2) is 11.5 Å². The highest BCUT2D eigenvalue weighted by Gasteiger charge is 2.07. The molecule has 0 aliphatic heterocycles. The van der Waals surface area contributed by atoms with Crippen molar-refractivity contribution in [1.29, 1.82) is 0 Å². The van der Waals surface area contributed by atoms with Gasteiger partial charge in [-0.1, -0.05) is 23.2 Å². The largest absolute Gasteiger partial charge is 0.399 e. The van der Waals surface area contributed by atoms with E-state index in [0.29, 0.717) is 15.7 Å². The third-order valence-corrected chi connectivity index (χ3v) is 3.83. The van der Waals surface area contributed by atoms with Crippen LogP contribution in [0.3, 0.4) is 0 Å². The summed E-state index contributed by atoms with van der Waals surface area (Å²) < 4.78 is 0. The summed E-state index contributed by atoms with van der Waals surface area (Å²) in [7, 11) is 0. The Kier molecular flexibility index (Phi) is 4.32. The van der Waals surface area contributed by atoms with Crippen molar-refractivity contribution in [2.24, 2.45) is 0 Å². The van der Waals surface area contributed by atoms with Crippen LogP contribution in [0.5, 0.6) is 0 Å². The summed E-state index contributed by atoms with van der Waals surface area (Å²) in [5.74, 6) is 0. The molecule has 0 aliphatic carbocycles. The highest BCUT2D eigenvalue weighted by Crippen LogP contribution is 2.32. The van der Waals surface area contributed by atoms with E-state index in [1.165, 1.54) is 0 Å². The number of anilines is 2. The van der Waals surface area contributed by atoms with Crippen molar-refractivity contribution in [1.82, 2.24) is 4.98 Å². The van der Waals surface area contributed by atoms with Crippen molar-refractivity contribution < 1.29 is 0 Å². The SMILES string of the molecule is Cc1nc(CCNc2c(Cl)cc(N)cc2Cl)cs1. The van der Waals surface area contributed by atoms with Crippen LogP contribution in [0, 0.1) is 6.92 Å². The number of nitrogens with two attached hydrogens (primary N) is 1. The fourth-order valence-electron chi connectivity index (χ4n) is 1.60. The first-order valence-electron chi connectivity index (χ1n) is 5.45. The molecule has 0 fully saturated rings. The number of hydrogen-bond acceptors (Lipinski definition) is 4. The van der Waals surface area contributed by atoms with E-state index in [-0.39, 0.29) is 0 Å². The average molecular weight is 302 g/mol. The van der Waals surface area contributed by atoms with E-state index < -0.39 is 0 Å². The van der Waals surface area contributed by atoms with Crippen LogP contribution in [0.15, 0.2) is 17.5 Å². The second kappa shape index (κ2) is 5.78. The highest BCUT2D eigenvalue weighted by atomic mass is 35.5. The first-order chi connectivity index (χ1) is 8.56. The van der Waals surface area contributed by atoms with Crippen molar-refractivity contribution in [3.05, 3.63) is 38.3 Å². The van der Waals surface area contributed by atoms with E-state index in [4.69, 9.17) is 28.9 Å². The summed E-state index contributed by atoms with van der Waals surface area (Å²) >= 11 is 13.8. The summed E-state index contributed by atoms with van der Waals surface area (Å²) in [6.07, 6.45) is 0.835. The van der Waals surface area contributed by atoms with Gasteiger partial charge in [0.25, 0.3) is 0 Å². The van der Waals surface area contributed by atoms with Crippen molar-refractivity contribution in [3.63, 3.8) is 0 Å². The standard InChI is InChI=1S/C12H13Cl2N3S/c1-7-17-9(6-18-7)2-3-16-12-10(13)4-8(15)5-11(12)14/h4-6,16H,2-3,15H2,1H3. The van der Waals surface area contributed by atoms with Gasteiger partial charge in [0.2, 0.25) is 0 Å². The zero-order valence-corrected chi connectivity index (χ0v) is 12.2. The molecule has 0 bridgehead atoms. The minimum absolute atomic E-state index is 0.537. The molecule has 6 heteroatoms. The van der Waals surface area contributed by atoms with Gasteiger partial charge >= 0.3 is 0 Å². The lowest BCUT2D eigenvalue weighted by molar-refractivity contribution is 0.968. The minimum Gasteiger partial charge on any atom is -0.399 e. The molecule has 0 atom stereocenters. The Morgan fingerprint density at radius 2 is 2.00 bits per heavy atom.